The molecule has 2 N–H and O–H groups in total. The van der Waals surface area contributed by atoms with Gasteiger partial charge in [0.05, 0.1) is 0 Å². The molecule has 0 spiro atoms. The van der Waals surface area contributed by atoms with Gasteiger partial charge in [0.1, 0.15) is 0 Å². The van der Waals surface area contributed by atoms with Gasteiger partial charge in [-0.1, -0.05) is 0 Å². The number of hydrogen-bond donors (Lipinski definition) is 1. The van der Waals surface area contributed by atoms with Crippen molar-refractivity contribution in [3.05, 3.63) is 28.8 Å². The third-order valence-corrected chi connectivity index (χ3v) is 2.04. The quantitative estimate of drug-likeness (QED) is 0.587. The van der Waals surface area contributed by atoms with E-state index in [-0.39, 0.29) is 17.0 Å². The van der Waals surface area contributed by atoms with Gasteiger partial charge in [0.25, 0.3) is 6.43 Å². The number of aryl methyl sites for hydroxylation is 1. The number of benzene rings is 1. The molecule has 0 bridgehead atoms. The highest BCUT2D eigenvalue weighted by molar-refractivity contribution is 5.96. The molecule has 0 atom stereocenters. The van der Waals surface area contributed by atoms with Gasteiger partial charge in [0.2, 0.25) is 0 Å². The van der Waals surface area contributed by atoms with E-state index in [0.29, 0.717) is 11.1 Å². The molecule has 0 aromatic heterocycles. The Hall–Kier alpha value is -1.45. The summed E-state index contributed by atoms with van der Waals surface area (Å²) in [6, 6.07) is 2.57. The zero-order valence-electron chi connectivity index (χ0n) is 7.97. The SMILES string of the molecule is CC(=O)c1cc(C(F)F)c(N)cc1C. The third kappa shape index (κ3) is 1.89. The molecule has 0 amide bonds. The predicted molar refractivity (Wildman–Crippen MR) is 50.6 cm³/mol. The highest BCUT2D eigenvalue weighted by atomic mass is 19.3. The van der Waals surface area contributed by atoms with Crippen molar-refractivity contribution in [1.29, 1.82) is 0 Å². The molecule has 0 aliphatic heterocycles. The molecule has 0 fully saturated rings. The number of alkyl halides is 2. The molecule has 0 aliphatic rings. The lowest BCUT2D eigenvalue weighted by Gasteiger charge is -2.09. The van der Waals surface area contributed by atoms with Crippen LogP contribution in [0, 0.1) is 6.92 Å². The second-order valence-corrected chi connectivity index (χ2v) is 3.15. The predicted octanol–water partition coefficient (Wildman–Crippen LogP) is 2.72. The van der Waals surface area contributed by atoms with Crippen molar-refractivity contribution in [1.82, 2.24) is 0 Å². The summed E-state index contributed by atoms with van der Waals surface area (Å²) in [7, 11) is 0. The summed E-state index contributed by atoms with van der Waals surface area (Å²) in [5.74, 6) is -0.232. The van der Waals surface area contributed by atoms with E-state index in [1.807, 2.05) is 0 Å². The molecule has 0 aliphatic carbocycles. The van der Waals surface area contributed by atoms with Crippen LogP contribution in [0.3, 0.4) is 0 Å². The smallest absolute Gasteiger partial charge is 0.265 e. The normalized spacial score (nSPS) is 10.6. The first-order valence-electron chi connectivity index (χ1n) is 4.12. The zero-order valence-corrected chi connectivity index (χ0v) is 7.97. The summed E-state index contributed by atoms with van der Waals surface area (Å²) < 4.78 is 24.8. The number of rotatable bonds is 2. The second-order valence-electron chi connectivity index (χ2n) is 3.15. The summed E-state index contributed by atoms with van der Waals surface area (Å²) >= 11 is 0. The van der Waals surface area contributed by atoms with Crippen molar-refractivity contribution in [3.8, 4) is 0 Å². The number of Topliss-reactive ketones (excluding diaryl/α,β-unsaturated/α-hetero) is 1. The molecule has 0 saturated carbocycles. The molecular formula is C10H11F2NO. The Labute approximate surface area is 80.7 Å². The minimum absolute atomic E-state index is 0.0301. The topological polar surface area (TPSA) is 43.1 Å². The summed E-state index contributed by atoms with van der Waals surface area (Å²) in [4.78, 5) is 11.1. The molecule has 1 aromatic rings. The van der Waals surface area contributed by atoms with Crippen LogP contribution in [-0.4, -0.2) is 5.78 Å². The van der Waals surface area contributed by atoms with Crippen LogP contribution in [0.4, 0.5) is 14.5 Å². The Morgan fingerprint density at radius 1 is 1.43 bits per heavy atom. The Kier molecular flexibility index (Phi) is 2.84. The van der Waals surface area contributed by atoms with E-state index < -0.39 is 6.43 Å². The maximum Gasteiger partial charge on any atom is 0.265 e. The van der Waals surface area contributed by atoms with Crippen LogP contribution in [0.5, 0.6) is 0 Å². The van der Waals surface area contributed by atoms with Crippen LogP contribution in [0.15, 0.2) is 12.1 Å². The number of carbonyl (C=O) groups is 1. The minimum atomic E-state index is -2.64. The fourth-order valence-corrected chi connectivity index (χ4v) is 1.32. The van der Waals surface area contributed by atoms with Gasteiger partial charge in [0.15, 0.2) is 5.78 Å². The Morgan fingerprint density at radius 3 is 2.43 bits per heavy atom. The zero-order chi connectivity index (χ0) is 10.9. The van der Waals surface area contributed by atoms with E-state index in [4.69, 9.17) is 5.73 Å². The lowest BCUT2D eigenvalue weighted by Crippen LogP contribution is -2.02. The average molecular weight is 199 g/mol. The highest BCUT2D eigenvalue weighted by Gasteiger charge is 2.15. The lowest BCUT2D eigenvalue weighted by molar-refractivity contribution is 0.101. The van der Waals surface area contributed by atoms with E-state index in [2.05, 4.69) is 0 Å². The van der Waals surface area contributed by atoms with Gasteiger partial charge in [-0.2, -0.15) is 0 Å². The lowest BCUT2D eigenvalue weighted by atomic mass is 10.0. The van der Waals surface area contributed by atoms with Gasteiger partial charge in [0, 0.05) is 16.8 Å². The average Bonchev–Trinajstić information content (AvgIpc) is 2.02. The summed E-state index contributed by atoms with van der Waals surface area (Å²) in [6.45, 7) is 3.01. The van der Waals surface area contributed by atoms with Crippen LogP contribution in [0.25, 0.3) is 0 Å². The number of nitrogen functional groups attached to an aromatic ring is 1. The molecular weight excluding hydrogens is 188 g/mol. The summed E-state index contributed by atoms with van der Waals surface area (Å²) in [5, 5.41) is 0. The van der Waals surface area contributed by atoms with Crippen LogP contribution in [-0.2, 0) is 0 Å². The first kappa shape index (κ1) is 10.6. The fourth-order valence-electron chi connectivity index (χ4n) is 1.32. The number of anilines is 1. The van der Waals surface area contributed by atoms with Crippen LogP contribution < -0.4 is 5.73 Å². The van der Waals surface area contributed by atoms with Crippen molar-refractivity contribution in [2.24, 2.45) is 0 Å². The first-order chi connectivity index (χ1) is 6.43. The number of ketones is 1. The van der Waals surface area contributed by atoms with Gasteiger partial charge < -0.3 is 5.73 Å². The molecule has 4 heteroatoms. The highest BCUT2D eigenvalue weighted by Crippen LogP contribution is 2.28. The Balaban J connectivity index is 3.34. The maximum atomic E-state index is 12.4. The molecule has 1 aromatic carbocycles. The van der Waals surface area contributed by atoms with Gasteiger partial charge in [-0.15, -0.1) is 0 Å². The van der Waals surface area contributed by atoms with Crippen LogP contribution >= 0.6 is 0 Å². The fraction of sp³-hybridized carbons (Fsp3) is 0.300. The van der Waals surface area contributed by atoms with Gasteiger partial charge in [-0.25, -0.2) is 8.78 Å². The molecule has 0 saturated heterocycles. The number of nitrogens with two attached hydrogens (primary N) is 1. The van der Waals surface area contributed by atoms with Gasteiger partial charge in [-0.3, -0.25) is 4.79 Å². The van der Waals surface area contributed by atoms with Gasteiger partial charge >= 0.3 is 0 Å². The molecule has 0 unspecified atom stereocenters. The van der Waals surface area contributed by atoms with Crippen molar-refractivity contribution >= 4 is 11.5 Å². The van der Waals surface area contributed by atoms with Crippen molar-refractivity contribution in [2.75, 3.05) is 5.73 Å². The van der Waals surface area contributed by atoms with E-state index in [1.54, 1.807) is 6.92 Å². The molecule has 14 heavy (non-hydrogen) atoms. The molecule has 76 valence electrons. The summed E-state index contributed by atoms with van der Waals surface area (Å²) in [5.41, 5.74) is 6.08. The van der Waals surface area contributed by atoms with Crippen LogP contribution in [0.1, 0.15) is 34.8 Å². The molecule has 0 radical (unpaired) electrons. The number of halogens is 2. The second kappa shape index (κ2) is 3.74. The van der Waals surface area contributed by atoms with E-state index in [9.17, 15) is 13.6 Å². The Bertz CT molecular complexity index is 375. The van der Waals surface area contributed by atoms with E-state index in [0.717, 1.165) is 6.07 Å². The standard InChI is InChI=1S/C10H11F2NO/c1-5-3-9(13)8(10(11)12)4-7(5)6(2)14/h3-4,10H,13H2,1-2H3. The third-order valence-electron chi connectivity index (χ3n) is 2.04. The molecule has 2 nitrogen and oxygen atoms in total. The van der Waals surface area contributed by atoms with E-state index >= 15 is 0 Å². The first-order valence-corrected chi connectivity index (χ1v) is 4.12. The van der Waals surface area contributed by atoms with E-state index in [1.165, 1.54) is 13.0 Å². The number of carbonyl (C=O) groups excluding carboxylic acids is 1. The number of hydrogen-bond acceptors (Lipinski definition) is 2. The summed E-state index contributed by atoms with van der Waals surface area (Å²) in [6.07, 6.45) is -2.64. The Morgan fingerprint density at radius 2 is 2.00 bits per heavy atom. The monoisotopic (exact) mass is 199 g/mol. The van der Waals surface area contributed by atoms with Crippen LogP contribution in [0.2, 0.25) is 0 Å². The molecule has 0 heterocycles. The largest absolute Gasteiger partial charge is 0.398 e. The van der Waals surface area contributed by atoms with Crippen molar-refractivity contribution in [3.63, 3.8) is 0 Å². The van der Waals surface area contributed by atoms with Crippen molar-refractivity contribution in [2.45, 2.75) is 20.3 Å². The van der Waals surface area contributed by atoms with Gasteiger partial charge in [-0.05, 0) is 31.5 Å². The molecule has 1 rings (SSSR count). The van der Waals surface area contributed by atoms with Crippen molar-refractivity contribution < 1.29 is 13.6 Å². The minimum Gasteiger partial charge on any atom is -0.398 e. The maximum absolute atomic E-state index is 12.4.